The van der Waals surface area contributed by atoms with Crippen molar-refractivity contribution >= 4 is 5.91 Å². The number of hydrogen-bond acceptors (Lipinski definition) is 6. The first-order valence-corrected chi connectivity index (χ1v) is 8.98. The van der Waals surface area contributed by atoms with Crippen LogP contribution in [0.5, 0.6) is 0 Å². The molecule has 0 spiro atoms. The molecule has 0 N–H and O–H groups in total. The van der Waals surface area contributed by atoms with Crippen LogP contribution in [0, 0.1) is 6.92 Å². The summed E-state index contributed by atoms with van der Waals surface area (Å²) in [5.41, 5.74) is 4.25. The number of fused-ring (bicyclic) bond motifs is 1. The fourth-order valence-corrected chi connectivity index (χ4v) is 3.52. The molecule has 1 aliphatic rings. The van der Waals surface area contributed by atoms with Crippen LogP contribution >= 0.6 is 0 Å². The average Bonchev–Trinajstić information content (AvgIpc) is 3.41. The predicted molar refractivity (Wildman–Crippen MR) is 96.1 cm³/mol. The van der Waals surface area contributed by atoms with Crippen LogP contribution in [0.25, 0.3) is 11.4 Å². The Morgan fingerprint density at radius 3 is 3.00 bits per heavy atom. The highest BCUT2D eigenvalue weighted by molar-refractivity contribution is 5.95. The van der Waals surface area contributed by atoms with Gasteiger partial charge in [0.2, 0.25) is 0 Å². The minimum atomic E-state index is -0.0230. The molecule has 0 fully saturated rings. The molecule has 0 unspecified atom stereocenters. The molecule has 4 heterocycles. The van der Waals surface area contributed by atoms with E-state index in [0.717, 1.165) is 36.3 Å². The molecular formula is C19H22N4O4. The van der Waals surface area contributed by atoms with E-state index in [1.54, 1.807) is 32.6 Å². The second-order valence-corrected chi connectivity index (χ2v) is 6.58. The SMILES string of the molecule is COCCCn1nc(-c2cocn2)c2c1CCN(C(=O)c1ccoc1C)C2. The molecule has 0 aliphatic carbocycles. The van der Waals surface area contributed by atoms with Gasteiger partial charge < -0.3 is 18.5 Å². The molecule has 1 aliphatic heterocycles. The highest BCUT2D eigenvalue weighted by Gasteiger charge is 2.30. The van der Waals surface area contributed by atoms with Crippen LogP contribution in [-0.4, -0.2) is 45.8 Å². The predicted octanol–water partition coefficient (Wildman–Crippen LogP) is 2.67. The van der Waals surface area contributed by atoms with Gasteiger partial charge in [-0.2, -0.15) is 5.10 Å². The van der Waals surface area contributed by atoms with Gasteiger partial charge in [-0.3, -0.25) is 9.48 Å². The standard InChI is InChI=1S/C19H22N4O4/c1-13-14(5-9-27-13)19(24)22-7-4-17-15(10-22)18(16-11-26-12-20-16)21-23(17)6-3-8-25-2/h5,9,11-12H,3-4,6-8,10H2,1-2H3. The zero-order chi connectivity index (χ0) is 18.8. The van der Waals surface area contributed by atoms with Crippen LogP contribution in [0.2, 0.25) is 0 Å². The number of amides is 1. The molecule has 0 radical (unpaired) electrons. The van der Waals surface area contributed by atoms with Gasteiger partial charge in [-0.25, -0.2) is 4.98 Å². The summed E-state index contributed by atoms with van der Waals surface area (Å²) in [6.07, 6.45) is 6.15. The average molecular weight is 370 g/mol. The maximum Gasteiger partial charge on any atom is 0.257 e. The van der Waals surface area contributed by atoms with Gasteiger partial charge in [0.15, 0.2) is 6.39 Å². The van der Waals surface area contributed by atoms with Gasteiger partial charge in [-0.15, -0.1) is 0 Å². The van der Waals surface area contributed by atoms with E-state index < -0.39 is 0 Å². The number of aryl methyl sites for hydroxylation is 2. The molecule has 0 bridgehead atoms. The first-order chi connectivity index (χ1) is 13.2. The fraction of sp³-hybridized carbons (Fsp3) is 0.421. The third-order valence-electron chi connectivity index (χ3n) is 4.90. The Hall–Kier alpha value is -2.87. The molecule has 8 heteroatoms. The van der Waals surface area contributed by atoms with Gasteiger partial charge in [-0.05, 0) is 19.4 Å². The molecule has 3 aromatic heterocycles. The van der Waals surface area contributed by atoms with Crippen LogP contribution < -0.4 is 0 Å². The minimum absolute atomic E-state index is 0.0230. The topological polar surface area (TPSA) is 86.5 Å². The van der Waals surface area contributed by atoms with Gasteiger partial charge in [-0.1, -0.05) is 0 Å². The number of furan rings is 1. The van der Waals surface area contributed by atoms with E-state index in [1.807, 2.05) is 9.58 Å². The number of oxazole rings is 1. The van der Waals surface area contributed by atoms with Crippen molar-refractivity contribution in [3.63, 3.8) is 0 Å². The van der Waals surface area contributed by atoms with E-state index >= 15 is 0 Å². The van der Waals surface area contributed by atoms with Crippen LogP contribution in [0.15, 0.2) is 33.8 Å². The lowest BCUT2D eigenvalue weighted by atomic mass is 10.0. The summed E-state index contributed by atoms with van der Waals surface area (Å²) in [6, 6.07) is 1.72. The summed E-state index contributed by atoms with van der Waals surface area (Å²) < 4.78 is 17.6. The van der Waals surface area contributed by atoms with E-state index in [1.165, 1.54) is 6.39 Å². The second kappa shape index (κ2) is 7.40. The number of hydrogen-bond donors (Lipinski definition) is 0. The number of carbonyl (C=O) groups excluding carboxylic acids is 1. The minimum Gasteiger partial charge on any atom is -0.469 e. The van der Waals surface area contributed by atoms with Gasteiger partial charge in [0, 0.05) is 44.5 Å². The lowest BCUT2D eigenvalue weighted by Gasteiger charge is -2.27. The van der Waals surface area contributed by atoms with Gasteiger partial charge >= 0.3 is 0 Å². The van der Waals surface area contributed by atoms with Crippen LogP contribution in [0.1, 0.15) is 33.8 Å². The van der Waals surface area contributed by atoms with Crippen LogP contribution in [0.4, 0.5) is 0 Å². The summed E-state index contributed by atoms with van der Waals surface area (Å²) in [5.74, 6) is 0.614. The largest absolute Gasteiger partial charge is 0.469 e. The number of ether oxygens (including phenoxy) is 1. The second-order valence-electron chi connectivity index (χ2n) is 6.58. The Morgan fingerprint density at radius 1 is 1.41 bits per heavy atom. The summed E-state index contributed by atoms with van der Waals surface area (Å²) in [7, 11) is 1.70. The van der Waals surface area contributed by atoms with Crippen molar-refractivity contribution < 1.29 is 18.4 Å². The van der Waals surface area contributed by atoms with E-state index in [0.29, 0.717) is 36.7 Å². The molecule has 1 amide bonds. The first kappa shape index (κ1) is 17.5. The molecule has 0 saturated carbocycles. The Morgan fingerprint density at radius 2 is 2.30 bits per heavy atom. The smallest absolute Gasteiger partial charge is 0.257 e. The highest BCUT2D eigenvalue weighted by atomic mass is 16.5. The van der Waals surface area contributed by atoms with E-state index in [4.69, 9.17) is 18.7 Å². The van der Waals surface area contributed by atoms with Crippen molar-refractivity contribution in [2.45, 2.75) is 32.9 Å². The summed E-state index contributed by atoms with van der Waals surface area (Å²) in [4.78, 5) is 19.0. The molecule has 142 valence electrons. The van der Waals surface area contributed by atoms with Crippen molar-refractivity contribution in [1.82, 2.24) is 19.7 Å². The maximum absolute atomic E-state index is 12.9. The molecule has 27 heavy (non-hydrogen) atoms. The quantitative estimate of drug-likeness (QED) is 0.620. The van der Waals surface area contributed by atoms with E-state index in [9.17, 15) is 4.79 Å². The van der Waals surface area contributed by atoms with Crippen molar-refractivity contribution in [1.29, 1.82) is 0 Å². The first-order valence-electron chi connectivity index (χ1n) is 8.98. The Labute approximate surface area is 156 Å². The van der Waals surface area contributed by atoms with Crippen molar-refractivity contribution in [2.75, 3.05) is 20.3 Å². The summed E-state index contributed by atoms with van der Waals surface area (Å²) >= 11 is 0. The third kappa shape index (κ3) is 3.28. The van der Waals surface area contributed by atoms with Crippen LogP contribution in [0.3, 0.4) is 0 Å². The van der Waals surface area contributed by atoms with Crippen molar-refractivity contribution in [3.05, 3.63) is 47.6 Å². The lowest BCUT2D eigenvalue weighted by molar-refractivity contribution is 0.0731. The zero-order valence-electron chi connectivity index (χ0n) is 15.5. The lowest BCUT2D eigenvalue weighted by Crippen LogP contribution is -2.36. The third-order valence-corrected chi connectivity index (χ3v) is 4.90. The normalized spacial score (nSPS) is 13.8. The number of aromatic nitrogens is 3. The van der Waals surface area contributed by atoms with Crippen LogP contribution in [-0.2, 0) is 24.2 Å². The van der Waals surface area contributed by atoms with Crippen molar-refractivity contribution in [3.8, 4) is 11.4 Å². The number of rotatable bonds is 6. The molecule has 0 aromatic carbocycles. The summed E-state index contributed by atoms with van der Waals surface area (Å²) in [5, 5.41) is 4.76. The monoisotopic (exact) mass is 370 g/mol. The molecule has 8 nitrogen and oxygen atoms in total. The molecule has 3 aromatic rings. The van der Waals surface area contributed by atoms with Crippen molar-refractivity contribution in [2.24, 2.45) is 0 Å². The molecule has 0 atom stereocenters. The van der Waals surface area contributed by atoms with Gasteiger partial charge in [0.1, 0.15) is 23.4 Å². The summed E-state index contributed by atoms with van der Waals surface area (Å²) in [6.45, 7) is 4.38. The molecule has 4 rings (SSSR count). The molecular weight excluding hydrogens is 348 g/mol. The number of carbonyl (C=O) groups is 1. The Balaban J connectivity index is 1.65. The Kier molecular flexibility index (Phi) is 4.81. The number of methoxy groups -OCH3 is 1. The maximum atomic E-state index is 12.9. The zero-order valence-corrected chi connectivity index (χ0v) is 15.5. The number of nitrogens with zero attached hydrogens (tertiary/aromatic N) is 4. The Bertz CT molecular complexity index is 926. The fourth-order valence-electron chi connectivity index (χ4n) is 3.52. The van der Waals surface area contributed by atoms with E-state index in [2.05, 4.69) is 4.98 Å². The molecule has 0 saturated heterocycles. The highest BCUT2D eigenvalue weighted by Crippen LogP contribution is 2.30. The van der Waals surface area contributed by atoms with E-state index in [-0.39, 0.29) is 5.91 Å². The van der Waals surface area contributed by atoms with Gasteiger partial charge in [0.05, 0.1) is 18.4 Å². The van der Waals surface area contributed by atoms with Gasteiger partial charge in [0.25, 0.3) is 5.91 Å².